The van der Waals surface area contributed by atoms with E-state index in [0.717, 1.165) is 38.0 Å². The molecular formula is C11H14N2O. The van der Waals surface area contributed by atoms with Gasteiger partial charge < -0.3 is 10.2 Å². The van der Waals surface area contributed by atoms with Gasteiger partial charge in [-0.3, -0.25) is 4.79 Å². The molecule has 0 saturated carbocycles. The molecule has 74 valence electrons. The normalized spacial score (nSPS) is 16.7. The lowest BCUT2D eigenvalue weighted by molar-refractivity contribution is 0.112. The lowest BCUT2D eigenvalue weighted by atomic mass is 10.2. The molecule has 1 saturated heterocycles. The molecule has 14 heavy (non-hydrogen) atoms. The van der Waals surface area contributed by atoms with Gasteiger partial charge in [0.15, 0.2) is 0 Å². The Balaban J connectivity index is 2.11. The first-order valence-corrected chi connectivity index (χ1v) is 4.91. The Bertz CT molecular complexity index is 302. The Hall–Kier alpha value is -1.35. The van der Waals surface area contributed by atoms with Crippen molar-refractivity contribution in [3.63, 3.8) is 0 Å². The van der Waals surface area contributed by atoms with Crippen LogP contribution in [-0.4, -0.2) is 32.5 Å². The number of anilines is 1. The summed E-state index contributed by atoms with van der Waals surface area (Å²) in [6.45, 7) is 4.16. The number of aldehydes is 1. The van der Waals surface area contributed by atoms with Crippen LogP contribution in [0.25, 0.3) is 0 Å². The van der Waals surface area contributed by atoms with Crippen LogP contribution in [0.3, 0.4) is 0 Å². The predicted molar refractivity (Wildman–Crippen MR) is 56.9 cm³/mol. The molecule has 1 aromatic carbocycles. The van der Waals surface area contributed by atoms with Crippen LogP contribution >= 0.6 is 0 Å². The molecule has 1 N–H and O–H groups in total. The molecule has 1 fully saturated rings. The average molecular weight is 190 g/mol. The van der Waals surface area contributed by atoms with E-state index in [1.807, 2.05) is 24.3 Å². The Labute approximate surface area is 83.7 Å². The van der Waals surface area contributed by atoms with E-state index in [1.165, 1.54) is 5.69 Å². The van der Waals surface area contributed by atoms with Crippen molar-refractivity contribution in [3.8, 4) is 0 Å². The van der Waals surface area contributed by atoms with Gasteiger partial charge in [0.2, 0.25) is 0 Å². The van der Waals surface area contributed by atoms with Crippen LogP contribution in [0.2, 0.25) is 0 Å². The quantitative estimate of drug-likeness (QED) is 0.703. The van der Waals surface area contributed by atoms with Gasteiger partial charge in [-0.1, -0.05) is 0 Å². The summed E-state index contributed by atoms with van der Waals surface area (Å²) in [5, 5.41) is 3.31. The van der Waals surface area contributed by atoms with E-state index >= 15 is 0 Å². The number of carbonyl (C=O) groups is 1. The molecule has 0 bridgehead atoms. The molecule has 0 unspecified atom stereocenters. The maximum absolute atomic E-state index is 10.5. The summed E-state index contributed by atoms with van der Waals surface area (Å²) < 4.78 is 0. The van der Waals surface area contributed by atoms with Gasteiger partial charge in [0.05, 0.1) is 0 Å². The van der Waals surface area contributed by atoms with Crippen molar-refractivity contribution in [3.05, 3.63) is 29.8 Å². The SMILES string of the molecule is O=Cc1ccc(N2CCNCC2)cc1. The first-order valence-electron chi connectivity index (χ1n) is 4.91. The second-order valence-electron chi connectivity index (χ2n) is 3.45. The molecule has 0 amide bonds. The summed E-state index contributed by atoms with van der Waals surface area (Å²) in [4.78, 5) is 12.8. The van der Waals surface area contributed by atoms with Crippen LogP contribution in [0.4, 0.5) is 5.69 Å². The van der Waals surface area contributed by atoms with E-state index in [9.17, 15) is 4.79 Å². The molecule has 0 aromatic heterocycles. The summed E-state index contributed by atoms with van der Waals surface area (Å²) in [6, 6.07) is 7.75. The summed E-state index contributed by atoms with van der Waals surface area (Å²) in [5.74, 6) is 0. The first kappa shape index (κ1) is 9.21. The van der Waals surface area contributed by atoms with Gasteiger partial charge in [0.25, 0.3) is 0 Å². The maximum atomic E-state index is 10.5. The van der Waals surface area contributed by atoms with E-state index in [1.54, 1.807) is 0 Å². The van der Waals surface area contributed by atoms with Gasteiger partial charge in [-0.15, -0.1) is 0 Å². The van der Waals surface area contributed by atoms with E-state index in [-0.39, 0.29) is 0 Å². The van der Waals surface area contributed by atoms with Gasteiger partial charge in [-0.2, -0.15) is 0 Å². The highest BCUT2D eigenvalue weighted by Gasteiger charge is 2.09. The van der Waals surface area contributed by atoms with Crippen molar-refractivity contribution in [1.82, 2.24) is 5.32 Å². The van der Waals surface area contributed by atoms with Crippen molar-refractivity contribution in [2.45, 2.75) is 0 Å². The fraction of sp³-hybridized carbons (Fsp3) is 0.364. The maximum Gasteiger partial charge on any atom is 0.150 e. The highest BCUT2D eigenvalue weighted by Crippen LogP contribution is 2.14. The van der Waals surface area contributed by atoms with Crippen LogP contribution < -0.4 is 10.2 Å². The monoisotopic (exact) mass is 190 g/mol. The van der Waals surface area contributed by atoms with E-state index in [4.69, 9.17) is 0 Å². The second kappa shape index (κ2) is 4.24. The molecule has 0 radical (unpaired) electrons. The number of hydrogen-bond acceptors (Lipinski definition) is 3. The zero-order chi connectivity index (χ0) is 9.80. The summed E-state index contributed by atoms with van der Waals surface area (Å²) >= 11 is 0. The fourth-order valence-corrected chi connectivity index (χ4v) is 1.69. The lowest BCUT2D eigenvalue weighted by Crippen LogP contribution is -2.43. The van der Waals surface area contributed by atoms with Crippen molar-refractivity contribution in [2.24, 2.45) is 0 Å². The summed E-state index contributed by atoms with van der Waals surface area (Å²) in [5.41, 5.74) is 1.95. The third kappa shape index (κ3) is 1.93. The second-order valence-corrected chi connectivity index (χ2v) is 3.45. The van der Waals surface area contributed by atoms with Crippen LogP contribution in [0, 0.1) is 0 Å². The molecular weight excluding hydrogens is 176 g/mol. The molecule has 1 aliphatic rings. The Morgan fingerprint density at radius 3 is 2.36 bits per heavy atom. The van der Waals surface area contributed by atoms with Gasteiger partial charge in [-0.25, -0.2) is 0 Å². The van der Waals surface area contributed by atoms with Crippen LogP contribution in [-0.2, 0) is 0 Å². The lowest BCUT2D eigenvalue weighted by Gasteiger charge is -2.29. The minimum absolute atomic E-state index is 0.740. The highest BCUT2D eigenvalue weighted by molar-refractivity contribution is 5.75. The molecule has 1 heterocycles. The van der Waals surface area contributed by atoms with Crippen molar-refractivity contribution in [2.75, 3.05) is 31.1 Å². The van der Waals surface area contributed by atoms with Crippen molar-refractivity contribution >= 4 is 12.0 Å². The van der Waals surface area contributed by atoms with E-state index < -0.39 is 0 Å². The number of hydrogen-bond donors (Lipinski definition) is 1. The summed E-state index contributed by atoms with van der Waals surface area (Å²) in [6.07, 6.45) is 0.877. The fourth-order valence-electron chi connectivity index (χ4n) is 1.69. The van der Waals surface area contributed by atoms with E-state index in [0.29, 0.717) is 0 Å². The summed E-state index contributed by atoms with van der Waals surface area (Å²) in [7, 11) is 0. The Morgan fingerprint density at radius 1 is 1.14 bits per heavy atom. The highest BCUT2D eigenvalue weighted by atomic mass is 16.1. The van der Waals surface area contributed by atoms with Crippen molar-refractivity contribution in [1.29, 1.82) is 0 Å². The predicted octanol–water partition coefficient (Wildman–Crippen LogP) is 0.909. The third-order valence-corrected chi connectivity index (χ3v) is 2.51. The molecule has 1 aromatic rings. The molecule has 3 nitrogen and oxygen atoms in total. The van der Waals surface area contributed by atoms with Gasteiger partial charge >= 0.3 is 0 Å². The number of nitrogens with one attached hydrogen (secondary N) is 1. The molecule has 1 aliphatic heterocycles. The first-order chi connectivity index (χ1) is 6.90. The molecule has 0 atom stereocenters. The Kier molecular flexibility index (Phi) is 2.79. The van der Waals surface area contributed by atoms with Gasteiger partial charge in [-0.05, 0) is 24.3 Å². The molecule has 3 heteroatoms. The Morgan fingerprint density at radius 2 is 1.79 bits per heavy atom. The number of benzene rings is 1. The van der Waals surface area contributed by atoms with E-state index in [2.05, 4.69) is 10.2 Å². The zero-order valence-electron chi connectivity index (χ0n) is 8.07. The molecule has 2 rings (SSSR count). The van der Waals surface area contributed by atoms with Crippen LogP contribution in [0.5, 0.6) is 0 Å². The topological polar surface area (TPSA) is 32.3 Å². The minimum Gasteiger partial charge on any atom is -0.369 e. The van der Waals surface area contributed by atoms with Crippen LogP contribution in [0.15, 0.2) is 24.3 Å². The number of piperazine rings is 1. The number of rotatable bonds is 2. The standard InChI is InChI=1S/C11H14N2O/c14-9-10-1-3-11(4-2-10)13-7-5-12-6-8-13/h1-4,9,12H,5-8H2. The molecule has 0 aliphatic carbocycles. The third-order valence-electron chi connectivity index (χ3n) is 2.51. The van der Waals surface area contributed by atoms with Crippen LogP contribution in [0.1, 0.15) is 10.4 Å². The molecule has 0 spiro atoms. The number of carbonyl (C=O) groups excluding carboxylic acids is 1. The smallest absolute Gasteiger partial charge is 0.150 e. The van der Waals surface area contributed by atoms with Crippen molar-refractivity contribution < 1.29 is 4.79 Å². The number of nitrogens with zero attached hydrogens (tertiary/aromatic N) is 1. The largest absolute Gasteiger partial charge is 0.369 e. The van der Waals surface area contributed by atoms with Gasteiger partial charge in [0.1, 0.15) is 6.29 Å². The van der Waals surface area contributed by atoms with Gasteiger partial charge in [0, 0.05) is 37.4 Å². The minimum atomic E-state index is 0.740. The average Bonchev–Trinajstić information content (AvgIpc) is 2.30. The zero-order valence-corrected chi connectivity index (χ0v) is 8.07.